The lowest BCUT2D eigenvalue weighted by Gasteiger charge is -2.27. The van der Waals surface area contributed by atoms with Crippen molar-refractivity contribution in [1.82, 2.24) is 5.43 Å². The van der Waals surface area contributed by atoms with Gasteiger partial charge in [0.15, 0.2) is 11.5 Å². The van der Waals surface area contributed by atoms with Crippen molar-refractivity contribution in [2.75, 3.05) is 17.2 Å². The Morgan fingerprint density at radius 1 is 0.930 bits per heavy atom. The van der Waals surface area contributed by atoms with Crippen LogP contribution in [0.3, 0.4) is 0 Å². The summed E-state index contributed by atoms with van der Waals surface area (Å²) in [7, 11) is -3.81. The number of nitrogens with zero attached hydrogens (tertiary/aromatic N) is 2. The van der Waals surface area contributed by atoms with Crippen LogP contribution in [0.4, 0.5) is 5.69 Å². The third-order valence-electron chi connectivity index (χ3n) is 6.10. The van der Waals surface area contributed by atoms with Gasteiger partial charge in [0.2, 0.25) is 10.0 Å². The Kier molecular flexibility index (Phi) is 10.6. The van der Waals surface area contributed by atoms with Crippen molar-refractivity contribution in [3.63, 3.8) is 0 Å². The van der Waals surface area contributed by atoms with E-state index in [1.54, 1.807) is 48.5 Å². The van der Waals surface area contributed by atoms with Crippen LogP contribution in [0.15, 0.2) is 102 Å². The smallest absolute Gasteiger partial charge is 0.263 e. The molecule has 1 N–H and O–H groups in total. The molecule has 0 saturated heterocycles. The van der Waals surface area contributed by atoms with Gasteiger partial charge in [-0.25, -0.2) is 13.8 Å². The highest BCUT2D eigenvalue weighted by molar-refractivity contribution is 7.92. The summed E-state index contributed by atoms with van der Waals surface area (Å²) in [5, 5.41) is 4.66. The average Bonchev–Trinajstić information content (AvgIpc) is 2.98. The molecule has 0 radical (unpaired) electrons. The fourth-order valence-electron chi connectivity index (χ4n) is 4.14. The fourth-order valence-corrected chi connectivity index (χ4v) is 5.53. The molecule has 11 heteroatoms. The normalized spacial score (nSPS) is 12.0. The van der Waals surface area contributed by atoms with E-state index in [0.717, 1.165) is 16.1 Å². The van der Waals surface area contributed by atoms with E-state index in [9.17, 15) is 13.2 Å². The molecule has 1 amide bonds. The number of anilines is 1. The maximum absolute atomic E-state index is 13.0. The number of carbonyl (C=O) groups excluding carboxylic acids is 1. The van der Waals surface area contributed by atoms with Gasteiger partial charge in [-0.15, -0.1) is 0 Å². The van der Waals surface area contributed by atoms with Crippen LogP contribution in [-0.2, 0) is 21.4 Å². The Balaban J connectivity index is 1.41. The predicted molar refractivity (Wildman–Crippen MR) is 169 cm³/mol. The van der Waals surface area contributed by atoms with Crippen LogP contribution in [0, 0.1) is 0 Å². The third-order valence-corrected chi connectivity index (χ3v) is 7.57. The number of carbonyl (C=O) groups is 1. The van der Waals surface area contributed by atoms with Crippen LogP contribution in [0.2, 0.25) is 5.02 Å². The highest BCUT2D eigenvalue weighted by atomic mass is 35.5. The molecule has 0 bridgehead atoms. The fraction of sp³-hybridized carbons (Fsp3) is 0.188. The Bertz CT molecular complexity index is 1660. The first-order valence-corrected chi connectivity index (χ1v) is 15.7. The highest BCUT2D eigenvalue weighted by Crippen LogP contribution is 2.30. The standard InChI is InChI=1S/C32H32ClN3O6S/c1-4-40-31-20-24(13-18-30(31)41-22-25-9-8-10-26(33)19-25)21-34-35-32(37)23(2)36(43(3,38)39)27-14-16-29(17-15-27)42-28-11-6-5-7-12-28/h5-21,23H,4,22H2,1-3H3,(H,35,37)/b34-21-/t23-/m0/s1. The van der Waals surface area contributed by atoms with Gasteiger partial charge < -0.3 is 14.2 Å². The number of hydrazone groups is 1. The van der Waals surface area contributed by atoms with Crippen LogP contribution in [0.25, 0.3) is 0 Å². The summed E-state index contributed by atoms with van der Waals surface area (Å²) in [6.45, 7) is 4.07. The molecule has 0 fully saturated rings. The van der Waals surface area contributed by atoms with Crippen molar-refractivity contribution in [1.29, 1.82) is 0 Å². The summed E-state index contributed by atoms with van der Waals surface area (Å²) in [5.41, 5.74) is 4.29. The van der Waals surface area contributed by atoms with Crippen molar-refractivity contribution in [3.8, 4) is 23.0 Å². The van der Waals surface area contributed by atoms with E-state index in [1.165, 1.54) is 13.1 Å². The number of hydrogen-bond acceptors (Lipinski definition) is 7. The number of para-hydroxylation sites is 1. The topological polar surface area (TPSA) is 107 Å². The van der Waals surface area contributed by atoms with E-state index in [-0.39, 0.29) is 0 Å². The van der Waals surface area contributed by atoms with Crippen molar-refractivity contribution in [2.45, 2.75) is 26.5 Å². The van der Waals surface area contributed by atoms with Gasteiger partial charge >= 0.3 is 0 Å². The molecular weight excluding hydrogens is 590 g/mol. The lowest BCUT2D eigenvalue weighted by atomic mass is 10.2. The highest BCUT2D eigenvalue weighted by Gasteiger charge is 2.29. The Hall–Kier alpha value is -4.54. The SMILES string of the molecule is CCOc1cc(/C=N\NC(=O)[C@H](C)N(c2ccc(Oc3ccccc3)cc2)S(C)(=O)=O)ccc1OCc1cccc(Cl)c1. The molecule has 0 aromatic heterocycles. The molecular formula is C32H32ClN3O6S. The number of benzene rings is 4. The van der Waals surface area contributed by atoms with E-state index >= 15 is 0 Å². The number of ether oxygens (including phenoxy) is 3. The van der Waals surface area contributed by atoms with Crippen molar-refractivity contribution in [3.05, 3.63) is 113 Å². The molecule has 0 saturated carbocycles. The maximum atomic E-state index is 13.0. The van der Waals surface area contributed by atoms with E-state index < -0.39 is 22.0 Å². The lowest BCUT2D eigenvalue weighted by molar-refractivity contribution is -0.121. The molecule has 0 heterocycles. The summed E-state index contributed by atoms with van der Waals surface area (Å²) in [6, 6.07) is 27.2. The zero-order valence-corrected chi connectivity index (χ0v) is 25.5. The number of rotatable bonds is 13. The first kappa shape index (κ1) is 31.4. The quantitative estimate of drug-likeness (QED) is 0.136. The van der Waals surface area contributed by atoms with Gasteiger partial charge in [-0.3, -0.25) is 9.10 Å². The van der Waals surface area contributed by atoms with E-state index in [0.29, 0.717) is 52.5 Å². The molecule has 4 aromatic carbocycles. The lowest BCUT2D eigenvalue weighted by Crippen LogP contribution is -2.46. The van der Waals surface area contributed by atoms with Crippen LogP contribution in [-0.4, -0.2) is 39.4 Å². The van der Waals surface area contributed by atoms with Crippen LogP contribution >= 0.6 is 11.6 Å². The second-order valence-corrected chi connectivity index (χ2v) is 11.7. The van der Waals surface area contributed by atoms with Crippen molar-refractivity contribution in [2.24, 2.45) is 5.10 Å². The van der Waals surface area contributed by atoms with Crippen molar-refractivity contribution < 1.29 is 27.4 Å². The number of sulfonamides is 1. The summed E-state index contributed by atoms with van der Waals surface area (Å²) in [4.78, 5) is 13.0. The minimum Gasteiger partial charge on any atom is -0.490 e. The number of halogens is 1. The van der Waals surface area contributed by atoms with Gasteiger partial charge in [0.05, 0.1) is 24.8 Å². The van der Waals surface area contributed by atoms with Crippen LogP contribution in [0.5, 0.6) is 23.0 Å². The van der Waals surface area contributed by atoms with Gasteiger partial charge in [0.25, 0.3) is 5.91 Å². The number of hydrogen-bond donors (Lipinski definition) is 1. The predicted octanol–water partition coefficient (Wildman–Crippen LogP) is 6.41. The zero-order chi connectivity index (χ0) is 30.8. The van der Waals surface area contributed by atoms with Gasteiger partial charge in [-0.2, -0.15) is 5.10 Å². The molecule has 43 heavy (non-hydrogen) atoms. The minimum absolute atomic E-state index is 0.307. The molecule has 1 atom stereocenters. The molecule has 4 aromatic rings. The largest absolute Gasteiger partial charge is 0.490 e. The summed E-state index contributed by atoms with van der Waals surface area (Å²) < 4.78 is 43.8. The van der Waals surface area contributed by atoms with Gasteiger partial charge in [-0.1, -0.05) is 41.9 Å². The van der Waals surface area contributed by atoms with E-state index in [1.807, 2.05) is 55.5 Å². The van der Waals surface area contributed by atoms with Gasteiger partial charge in [0.1, 0.15) is 24.1 Å². The zero-order valence-electron chi connectivity index (χ0n) is 23.9. The minimum atomic E-state index is -3.81. The summed E-state index contributed by atoms with van der Waals surface area (Å²) >= 11 is 6.06. The molecule has 0 aliphatic carbocycles. The molecule has 9 nitrogen and oxygen atoms in total. The second-order valence-electron chi connectivity index (χ2n) is 9.44. The Morgan fingerprint density at radius 2 is 1.65 bits per heavy atom. The van der Waals surface area contributed by atoms with Crippen molar-refractivity contribution >= 4 is 39.4 Å². The molecule has 0 unspecified atom stereocenters. The average molecular weight is 622 g/mol. The van der Waals surface area contributed by atoms with Gasteiger partial charge in [0, 0.05) is 5.02 Å². The first-order valence-electron chi connectivity index (χ1n) is 13.4. The monoisotopic (exact) mass is 621 g/mol. The molecule has 4 rings (SSSR count). The number of nitrogens with one attached hydrogen (secondary N) is 1. The molecule has 0 spiro atoms. The van der Waals surface area contributed by atoms with Gasteiger partial charge in [-0.05, 0) is 91.7 Å². The molecule has 0 aliphatic heterocycles. The Morgan fingerprint density at radius 3 is 2.33 bits per heavy atom. The third kappa shape index (κ3) is 8.97. The first-order chi connectivity index (χ1) is 20.6. The van der Waals surface area contributed by atoms with Crippen LogP contribution < -0.4 is 23.9 Å². The second kappa shape index (κ2) is 14.6. The van der Waals surface area contributed by atoms with Crippen LogP contribution in [0.1, 0.15) is 25.0 Å². The molecule has 0 aliphatic rings. The summed E-state index contributed by atoms with van der Waals surface area (Å²) in [6.07, 6.45) is 2.48. The Labute approximate surface area is 256 Å². The molecule has 224 valence electrons. The number of amides is 1. The van der Waals surface area contributed by atoms with E-state index in [4.69, 9.17) is 25.8 Å². The maximum Gasteiger partial charge on any atom is 0.263 e. The van der Waals surface area contributed by atoms with E-state index in [2.05, 4.69) is 10.5 Å². The summed E-state index contributed by atoms with van der Waals surface area (Å²) in [5.74, 6) is 1.61.